The third-order valence-corrected chi connectivity index (χ3v) is 3.49. The minimum Gasteiger partial charge on any atom is -0.361 e. The largest absolute Gasteiger partial charge is 0.361 e. The topological polar surface area (TPSA) is 49.6 Å². The lowest BCUT2D eigenvalue weighted by molar-refractivity contribution is -0.740. The average Bonchev–Trinajstić information content (AvgIpc) is 2.75. The van der Waals surface area contributed by atoms with E-state index >= 15 is 0 Å². The molecule has 2 heterocycles. The Morgan fingerprint density at radius 3 is 2.60 bits per heavy atom. The lowest BCUT2D eigenvalue weighted by atomic mass is 10.1. The number of fused-ring (bicyclic) bond motifs is 1. The van der Waals surface area contributed by atoms with Crippen molar-refractivity contribution in [1.82, 2.24) is 10.1 Å². The minimum absolute atomic E-state index is 0.0624. The number of aromatic nitrogens is 3. The molecule has 0 aliphatic carbocycles. The van der Waals surface area contributed by atoms with Crippen LogP contribution in [0.3, 0.4) is 0 Å². The van der Waals surface area contributed by atoms with E-state index in [-0.39, 0.29) is 12.3 Å². The van der Waals surface area contributed by atoms with Gasteiger partial charge in [-0.15, -0.1) is 0 Å². The number of ketones is 1. The Hall–Kier alpha value is -2.49. The molecule has 3 aromatic rings. The summed E-state index contributed by atoms with van der Waals surface area (Å²) in [4.78, 5) is 15.5. The summed E-state index contributed by atoms with van der Waals surface area (Å²) in [5.74, 6) is 0.0624. The predicted molar refractivity (Wildman–Crippen MR) is 76.5 cm³/mol. The molecule has 0 radical (unpaired) electrons. The molecule has 0 fully saturated rings. The van der Waals surface area contributed by atoms with Gasteiger partial charge in [0.05, 0.1) is 5.39 Å². The molecule has 0 amide bonds. The number of nitrogens with one attached hydrogen (secondary N) is 1. The van der Waals surface area contributed by atoms with E-state index in [2.05, 4.69) is 10.1 Å². The molecule has 0 bridgehead atoms. The average molecular weight is 266 g/mol. The van der Waals surface area contributed by atoms with Crippen LogP contribution in [0.25, 0.3) is 10.8 Å². The summed E-state index contributed by atoms with van der Waals surface area (Å²) >= 11 is 0. The van der Waals surface area contributed by atoms with Crippen molar-refractivity contribution < 1.29 is 9.48 Å². The number of carbonyl (C=O) groups is 1. The second-order valence-electron chi connectivity index (χ2n) is 4.96. The molecule has 0 aliphatic rings. The van der Waals surface area contributed by atoms with Gasteiger partial charge in [-0.3, -0.25) is 4.79 Å². The molecule has 100 valence electrons. The van der Waals surface area contributed by atoms with Gasteiger partial charge in [-0.1, -0.05) is 35.0 Å². The molecule has 0 saturated heterocycles. The fraction of sp³-hybridized carbons (Fsp3) is 0.188. The highest BCUT2D eigenvalue weighted by atomic mass is 16.1. The Bertz CT molecular complexity index is 775. The van der Waals surface area contributed by atoms with Crippen molar-refractivity contribution >= 4 is 16.6 Å². The summed E-state index contributed by atoms with van der Waals surface area (Å²) in [5, 5.41) is 6.53. The van der Waals surface area contributed by atoms with E-state index in [1.54, 1.807) is 4.68 Å². The van der Waals surface area contributed by atoms with Crippen molar-refractivity contribution in [1.29, 1.82) is 0 Å². The lowest BCUT2D eigenvalue weighted by Gasteiger charge is -1.97. The van der Waals surface area contributed by atoms with Gasteiger partial charge in [0.1, 0.15) is 6.20 Å². The molecule has 4 nitrogen and oxygen atoms in total. The number of nitrogens with zero attached hydrogens (tertiary/aromatic N) is 2. The van der Waals surface area contributed by atoms with Crippen molar-refractivity contribution in [3.8, 4) is 0 Å². The van der Waals surface area contributed by atoms with Crippen molar-refractivity contribution in [2.24, 2.45) is 0 Å². The van der Waals surface area contributed by atoms with Gasteiger partial charge < -0.3 is 4.98 Å². The van der Waals surface area contributed by atoms with Crippen LogP contribution in [0.4, 0.5) is 0 Å². The monoisotopic (exact) mass is 266 g/mol. The molecule has 1 N–H and O–H groups in total. The van der Waals surface area contributed by atoms with Crippen LogP contribution in [-0.4, -0.2) is 15.9 Å². The second kappa shape index (κ2) is 4.89. The molecule has 0 aliphatic heterocycles. The van der Waals surface area contributed by atoms with E-state index in [4.69, 9.17) is 0 Å². The molecular formula is C16H16N3O+. The molecule has 0 atom stereocenters. The summed E-state index contributed by atoms with van der Waals surface area (Å²) in [5.41, 5.74) is 2.91. The summed E-state index contributed by atoms with van der Waals surface area (Å²) < 4.78 is 1.69. The van der Waals surface area contributed by atoms with E-state index < -0.39 is 0 Å². The summed E-state index contributed by atoms with van der Waals surface area (Å²) in [7, 11) is 0. The number of H-pyrrole nitrogens is 1. The standard InChI is InChI=1S/C16H15N3O/c1-11-14-8-17-19(9-15(14)12(2)18-11)10-16(20)13-6-4-3-5-7-13/h3-9H,10H2,1-2H3/p+1. The quantitative estimate of drug-likeness (QED) is 0.584. The van der Waals surface area contributed by atoms with Gasteiger partial charge in [-0.05, 0) is 18.9 Å². The number of hydrogen-bond donors (Lipinski definition) is 1. The summed E-state index contributed by atoms with van der Waals surface area (Å²) in [6, 6.07) is 9.29. The van der Waals surface area contributed by atoms with Crippen molar-refractivity contribution in [2.75, 3.05) is 0 Å². The highest BCUT2D eigenvalue weighted by molar-refractivity contribution is 5.95. The van der Waals surface area contributed by atoms with Crippen LogP contribution in [0.5, 0.6) is 0 Å². The van der Waals surface area contributed by atoms with Gasteiger partial charge in [-0.25, -0.2) is 0 Å². The maximum absolute atomic E-state index is 12.2. The molecule has 0 unspecified atom stereocenters. The summed E-state index contributed by atoms with van der Waals surface area (Å²) in [6.45, 7) is 4.30. The number of rotatable bonds is 3. The van der Waals surface area contributed by atoms with Crippen LogP contribution >= 0.6 is 0 Å². The van der Waals surface area contributed by atoms with Crippen LogP contribution < -0.4 is 4.68 Å². The van der Waals surface area contributed by atoms with Gasteiger partial charge in [-0.2, -0.15) is 0 Å². The lowest BCUT2D eigenvalue weighted by Crippen LogP contribution is -2.41. The maximum Gasteiger partial charge on any atom is 0.236 e. The fourth-order valence-electron chi connectivity index (χ4n) is 2.42. The Balaban J connectivity index is 1.92. The number of aryl methyl sites for hydroxylation is 2. The highest BCUT2D eigenvalue weighted by Gasteiger charge is 2.16. The van der Waals surface area contributed by atoms with E-state index in [1.807, 2.05) is 56.6 Å². The number of Topliss-reactive ketones (excluding diaryl/α,β-unsaturated/α-hetero) is 1. The maximum atomic E-state index is 12.2. The predicted octanol–water partition coefficient (Wildman–Crippen LogP) is 2.35. The number of aromatic amines is 1. The Morgan fingerprint density at radius 1 is 1.15 bits per heavy atom. The van der Waals surface area contributed by atoms with E-state index in [0.29, 0.717) is 5.56 Å². The molecule has 20 heavy (non-hydrogen) atoms. The fourth-order valence-corrected chi connectivity index (χ4v) is 2.42. The first-order valence-corrected chi connectivity index (χ1v) is 6.58. The zero-order valence-electron chi connectivity index (χ0n) is 11.6. The number of benzene rings is 1. The molecule has 0 spiro atoms. The summed E-state index contributed by atoms with van der Waals surface area (Å²) in [6.07, 6.45) is 3.74. The molecule has 1 aromatic carbocycles. The highest BCUT2D eigenvalue weighted by Crippen LogP contribution is 2.18. The molecule has 3 rings (SSSR count). The zero-order valence-corrected chi connectivity index (χ0v) is 11.6. The third-order valence-electron chi connectivity index (χ3n) is 3.49. The first-order chi connectivity index (χ1) is 9.65. The van der Waals surface area contributed by atoms with Gasteiger partial charge in [0.15, 0.2) is 0 Å². The first kappa shape index (κ1) is 12.5. The smallest absolute Gasteiger partial charge is 0.236 e. The van der Waals surface area contributed by atoms with E-state index in [9.17, 15) is 4.79 Å². The Kier molecular flexibility index (Phi) is 3.06. The van der Waals surface area contributed by atoms with E-state index in [0.717, 1.165) is 22.2 Å². The van der Waals surface area contributed by atoms with Crippen molar-refractivity contribution in [2.45, 2.75) is 20.4 Å². The van der Waals surface area contributed by atoms with Crippen LogP contribution in [0.15, 0.2) is 42.7 Å². The molecule has 4 heteroatoms. The SMILES string of the molecule is Cc1[nH]c(C)c2c[n+](CC(=O)c3ccccc3)ncc12. The van der Waals surface area contributed by atoms with Gasteiger partial charge in [0.2, 0.25) is 18.5 Å². The minimum atomic E-state index is 0.0624. The molecule has 2 aromatic heterocycles. The second-order valence-corrected chi connectivity index (χ2v) is 4.96. The first-order valence-electron chi connectivity index (χ1n) is 6.58. The van der Waals surface area contributed by atoms with Crippen LogP contribution in [0.1, 0.15) is 21.7 Å². The van der Waals surface area contributed by atoms with Crippen molar-refractivity contribution in [3.05, 3.63) is 59.7 Å². The molecule has 0 saturated carbocycles. The van der Waals surface area contributed by atoms with Gasteiger partial charge in [0.25, 0.3) is 0 Å². The third kappa shape index (κ3) is 2.20. The van der Waals surface area contributed by atoms with E-state index in [1.165, 1.54) is 0 Å². The van der Waals surface area contributed by atoms with Gasteiger partial charge in [0, 0.05) is 22.3 Å². The van der Waals surface area contributed by atoms with Crippen LogP contribution in [-0.2, 0) is 6.54 Å². The Morgan fingerprint density at radius 2 is 1.85 bits per heavy atom. The normalized spacial score (nSPS) is 10.9. The zero-order chi connectivity index (χ0) is 14.1. The van der Waals surface area contributed by atoms with Crippen molar-refractivity contribution in [3.63, 3.8) is 0 Å². The van der Waals surface area contributed by atoms with Crippen LogP contribution in [0.2, 0.25) is 0 Å². The van der Waals surface area contributed by atoms with Gasteiger partial charge >= 0.3 is 0 Å². The number of hydrogen-bond acceptors (Lipinski definition) is 2. The molecular weight excluding hydrogens is 250 g/mol. The number of carbonyl (C=O) groups excluding carboxylic acids is 1. The Labute approximate surface area is 117 Å². The van der Waals surface area contributed by atoms with Crippen LogP contribution in [0, 0.1) is 13.8 Å².